The first kappa shape index (κ1) is 21.1. The van der Waals surface area contributed by atoms with Gasteiger partial charge in [-0.2, -0.15) is 0 Å². The minimum absolute atomic E-state index is 0.00740. The van der Waals surface area contributed by atoms with E-state index in [0.717, 1.165) is 0 Å². The molecule has 4 heteroatoms. The maximum atomic E-state index is 12.2. The topological polar surface area (TPSA) is 0 Å². The van der Waals surface area contributed by atoms with E-state index in [1.54, 1.807) is 0 Å². The number of alkyl halides is 3. The molecular weight excluding hydrogens is 380 g/mol. The van der Waals surface area contributed by atoms with Gasteiger partial charge in [0.1, 0.15) is 0 Å². The fourth-order valence-electron chi connectivity index (χ4n) is 2.56. The monoisotopic (exact) mass is 412 g/mol. The van der Waals surface area contributed by atoms with Crippen molar-refractivity contribution in [2.75, 3.05) is 0 Å². The Kier molecular flexibility index (Phi) is 11.8. The van der Waals surface area contributed by atoms with E-state index in [4.69, 9.17) is 0 Å². The van der Waals surface area contributed by atoms with Gasteiger partial charge in [-0.3, -0.25) is 0 Å². The molecule has 0 amide bonds. The number of unbranched alkanes of at least 4 members (excludes halogenated alkanes) is 3. The standard InChI is InChI=1S/C5H4F3.3C4H9.Sn/c1-2-3-4-5(6,7)8;3*1-3-4-2;/h3-4H2;3*1,3-4H2,2H3;. The second-order valence-corrected chi connectivity index (χ2v) is 18.3. The van der Waals surface area contributed by atoms with Crippen LogP contribution in [0, 0.1) is 9.86 Å². The molecule has 0 heterocycles. The van der Waals surface area contributed by atoms with Gasteiger partial charge in [-0.15, -0.1) is 0 Å². The molecule has 0 fully saturated rings. The van der Waals surface area contributed by atoms with E-state index in [1.165, 1.54) is 51.8 Å². The molecule has 0 rings (SSSR count). The molecule has 0 radical (unpaired) electrons. The second-order valence-electron chi connectivity index (χ2n) is 6.01. The van der Waals surface area contributed by atoms with Crippen LogP contribution in [0.3, 0.4) is 0 Å². The van der Waals surface area contributed by atoms with Gasteiger partial charge in [0.05, 0.1) is 0 Å². The van der Waals surface area contributed by atoms with Crippen LogP contribution < -0.4 is 0 Å². The van der Waals surface area contributed by atoms with Crippen molar-refractivity contribution < 1.29 is 13.2 Å². The predicted molar refractivity (Wildman–Crippen MR) is 88.0 cm³/mol. The van der Waals surface area contributed by atoms with Crippen LogP contribution in [0.15, 0.2) is 0 Å². The summed E-state index contributed by atoms with van der Waals surface area (Å²) in [5.74, 6) is 2.93. The molecule has 0 aliphatic carbocycles. The van der Waals surface area contributed by atoms with Crippen LogP contribution in [0.25, 0.3) is 0 Å². The number of hydrogen-bond donors (Lipinski definition) is 0. The van der Waals surface area contributed by atoms with Gasteiger partial charge >= 0.3 is 133 Å². The molecule has 0 aromatic heterocycles. The molecule has 0 spiro atoms. The van der Waals surface area contributed by atoms with Gasteiger partial charge in [0.15, 0.2) is 0 Å². The summed E-state index contributed by atoms with van der Waals surface area (Å²) in [7, 11) is 0. The van der Waals surface area contributed by atoms with Crippen LogP contribution in [0.1, 0.15) is 72.1 Å². The quantitative estimate of drug-likeness (QED) is 0.277. The predicted octanol–water partition coefficient (Wildman–Crippen LogP) is 6.72. The van der Waals surface area contributed by atoms with Crippen LogP contribution in [0.4, 0.5) is 13.2 Å². The van der Waals surface area contributed by atoms with Gasteiger partial charge in [-0.1, -0.05) is 0 Å². The van der Waals surface area contributed by atoms with Crippen LogP contribution in [-0.4, -0.2) is 24.6 Å². The van der Waals surface area contributed by atoms with E-state index in [0.29, 0.717) is 0 Å². The Morgan fingerprint density at radius 2 is 1.24 bits per heavy atom. The zero-order valence-electron chi connectivity index (χ0n) is 13.9. The normalized spacial score (nSPS) is 12.1. The molecular formula is C17H31F3Sn. The number of hydrogen-bond acceptors (Lipinski definition) is 0. The molecule has 21 heavy (non-hydrogen) atoms. The molecule has 0 aromatic rings. The zero-order chi connectivity index (χ0) is 16.2. The van der Waals surface area contributed by atoms with Crippen molar-refractivity contribution in [3.63, 3.8) is 0 Å². The fourth-order valence-corrected chi connectivity index (χ4v) is 16.0. The summed E-state index contributed by atoms with van der Waals surface area (Å²) < 4.78 is 43.9. The van der Waals surface area contributed by atoms with Crippen molar-refractivity contribution in [2.45, 2.75) is 91.6 Å². The first-order valence-corrected chi connectivity index (χ1v) is 15.9. The van der Waals surface area contributed by atoms with Crippen LogP contribution in [0.5, 0.6) is 0 Å². The van der Waals surface area contributed by atoms with Crippen LogP contribution in [-0.2, 0) is 0 Å². The summed E-state index contributed by atoms with van der Waals surface area (Å²) in [4.78, 5) is 0. The van der Waals surface area contributed by atoms with E-state index in [9.17, 15) is 13.2 Å². The van der Waals surface area contributed by atoms with Crippen LogP contribution >= 0.6 is 0 Å². The number of rotatable bonds is 10. The molecule has 0 bridgehead atoms. The Bertz CT molecular complexity index is 290. The summed E-state index contributed by atoms with van der Waals surface area (Å²) in [6.07, 6.45) is 2.29. The Balaban J connectivity index is 4.81. The molecule has 0 aliphatic heterocycles. The molecule has 0 aliphatic rings. The average Bonchev–Trinajstić information content (AvgIpc) is 2.43. The Labute approximate surface area is 133 Å². The summed E-state index contributed by atoms with van der Waals surface area (Å²) in [6, 6.07) is 0. The van der Waals surface area contributed by atoms with Gasteiger partial charge in [-0.25, -0.2) is 0 Å². The molecule has 0 saturated carbocycles. The average molecular weight is 411 g/mol. The van der Waals surface area contributed by atoms with E-state index in [-0.39, 0.29) is 6.42 Å². The van der Waals surface area contributed by atoms with Crippen molar-refractivity contribution in [3.05, 3.63) is 0 Å². The van der Waals surface area contributed by atoms with Crippen molar-refractivity contribution in [2.24, 2.45) is 0 Å². The summed E-state index contributed by atoms with van der Waals surface area (Å²) in [6.45, 7) is 6.56. The van der Waals surface area contributed by atoms with Gasteiger partial charge in [0, 0.05) is 0 Å². The molecule has 0 N–H and O–H groups in total. The minimum atomic E-state index is -4.07. The van der Waals surface area contributed by atoms with Gasteiger partial charge in [0.2, 0.25) is 0 Å². The molecule has 0 aromatic carbocycles. The molecule has 0 atom stereocenters. The summed E-state index contributed by atoms with van der Waals surface area (Å²) >= 11 is -2.52. The molecule has 0 nitrogen and oxygen atoms in total. The van der Waals surface area contributed by atoms with Crippen molar-refractivity contribution in [1.82, 2.24) is 0 Å². The third kappa shape index (κ3) is 11.4. The van der Waals surface area contributed by atoms with Crippen molar-refractivity contribution in [1.29, 1.82) is 0 Å². The van der Waals surface area contributed by atoms with E-state index >= 15 is 0 Å². The third-order valence-corrected chi connectivity index (χ3v) is 17.2. The molecule has 0 unspecified atom stereocenters. The first-order chi connectivity index (χ1) is 9.89. The van der Waals surface area contributed by atoms with E-state index in [2.05, 4.69) is 30.6 Å². The maximum absolute atomic E-state index is 12.2. The van der Waals surface area contributed by atoms with Crippen LogP contribution in [0.2, 0.25) is 13.3 Å². The Morgan fingerprint density at radius 1 is 0.810 bits per heavy atom. The van der Waals surface area contributed by atoms with E-state index < -0.39 is 31.0 Å². The Morgan fingerprint density at radius 3 is 1.57 bits per heavy atom. The number of halogens is 3. The SMILES string of the molecule is CCC[CH2][Sn]([C]#CCCC(F)(F)F)([CH2]CCC)[CH2]CCC. The summed E-state index contributed by atoms with van der Waals surface area (Å²) in [5.41, 5.74) is 0. The first-order valence-electron chi connectivity index (χ1n) is 8.46. The fraction of sp³-hybridized carbons (Fsp3) is 0.882. The second kappa shape index (κ2) is 11.7. The van der Waals surface area contributed by atoms with Gasteiger partial charge in [0.25, 0.3) is 0 Å². The van der Waals surface area contributed by atoms with Crippen molar-refractivity contribution >= 4 is 18.4 Å². The summed E-state index contributed by atoms with van der Waals surface area (Å²) in [5, 5.41) is 0. The van der Waals surface area contributed by atoms with Gasteiger partial charge in [-0.05, 0) is 0 Å². The van der Waals surface area contributed by atoms with Gasteiger partial charge < -0.3 is 0 Å². The third-order valence-electron chi connectivity index (χ3n) is 3.91. The Hall–Kier alpha value is 0.149. The molecule has 0 saturated heterocycles. The zero-order valence-corrected chi connectivity index (χ0v) is 16.8. The van der Waals surface area contributed by atoms with Crippen molar-refractivity contribution in [3.8, 4) is 9.86 Å². The molecule has 124 valence electrons. The van der Waals surface area contributed by atoms with E-state index in [1.807, 2.05) is 0 Å².